The molecule has 0 atom stereocenters. The SMILES string of the molecule is COc1cc(F)[nH+]c2c(C(F)(F)F)cccc12.FCF. The Kier molecular flexibility index (Phi) is 5.18. The number of alkyl halides is 5. The molecule has 2 nitrogen and oxygen atoms in total. The van der Waals surface area contributed by atoms with E-state index in [1.165, 1.54) is 19.2 Å². The van der Waals surface area contributed by atoms with E-state index < -0.39 is 24.6 Å². The molecule has 0 saturated carbocycles. The average Bonchev–Trinajstić information content (AvgIpc) is 2.36. The quantitative estimate of drug-likeness (QED) is 0.581. The van der Waals surface area contributed by atoms with Crippen molar-refractivity contribution in [2.45, 2.75) is 6.18 Å². The molecule has 110 valence electrons. The van der Waals surface area contributed by atoms with Crippen LogP contribution in [0.25, 0.3) is 10.9 Å². The van der Waals surface area contributed by atoms with Gasteiger partial charge in [-0.1, -0.05) is 6.07 Å². The molecule has 20 heavy (non-hydrogen) atoms. The lowest BCUT2D eigenvalue weighted by molar-refractivity contribution is -0.392. The number of ether oxygens (including phenoxy) is 1. The number of halogens is 6. The van der Waals surface area contributed by atoms with Crippen LogP contribution in [-0.2, 0) is 6.18 Å². The van der Waals surface area contributed by atoms with Gasteiger partial charge in [-0.3, -0.25) is 0 Å². The Morgan fingerprint density at radius 1 is 1.20 bits per heavy atom. The summed E-state index contributed by atoms with van der Waals surface area (Å²) in [6.07, 6.45) is -4.55. The molecule has 2 aromatic rings. The number of nitrogens with one attached hydrogen (secondary N) is 1. The zero-order chi connectivity index (χ0) is 15.3. The van der Waals surface area contributed by atoms with Gasteiger partial charge in [0, 0.05) is 0 Å². The highest BCUT2D eigenvalue weighted by molar-refractivity contribution is 5.85. The van der Waals surface area contributed by atoms with E-state index in [-0.39, 0.29) is 16.7 Å². The largest absolute Gasteiger partial charge is 0.496 e. The minimum Gasteiger partial charge on any atom is -0.496 e. The highest BCUT2D eigenvalue weighted by Crippen LogP contribution is 2.35. The van der Waals surface area contributed by atoms with Gasteiger partial charge in [0.2, 0.25) is 12.4 Å². The van der Waals surface area contributed by atoms with Gasteiger partial charge < -0.3 is 4.74 Å². The minimum atomic E-state index is -4.55. The van der Waals surface area contributed by atoms with Crippen LogP contribution >= 0.6 is 0 Å². The van der Waals surface area contributed by atoms with E-state index >= 15 is 0 Å². The molecule has 1 aromatic heterocycles. The number of H-pyrrole nitrogens is 1. The Bertz CT molecular complexity index is 584. The van der Waals surface area contributed by atoms with E-state index in [2.05, 4.69) is 4.98 Å². The highest BCUT2D eigenvalue weighted by atomic mass is 19.4. The second-order valence-electron chi connectivity index (χ2n) is 3.51. The monoisotopic (exact) mass is 298 g/mol. The highest BCUT2D eigenvalue weighted by Gasteiger charge is 2.36. The summed E-state index contributed by atoms with van der Waals surface area (Å²) in [6.45, 7) is -1.75. The van der Waals surface area contributed by atoms with E-state index in [4.69, 9.17) is 4.74 Å². The molecule has 0 aliphatic carbocycles. The Morgan fingerprint density at radius 2 is 1.80 bits per heavy atom. The predicted molar refractivity (Wildman–Crippen MR) is 59.1 cm³/mol. The topological polar surface area (TPSA) is 23.4 Å². The number of aromatic amines is 1. The Balaban J connectivity index is 0.000000612. The van der Waals surface area contributed by atoms with Gasteiger partial charge in [-0.05, 0) is 12.1 Å². The van der Waals surface area contributed by atoms with Crippen molar-refractivity contribution in [2.24, 2.45) is 0 Å². The third-order valence-corrected chi connectivity index (χ3v) is 2.36. The molecule has 0 fully saturated rings. The smallest absolute Gasteiger partial charge is 0.422 e. The third kappa shape index (κ3) is 3.52. The Morgan fingerprint density at radius 3 is 2.30 bits per heavy atom. The van der Waals surface area contributed by atoms with Crippen molar-refractivity contribution in [3.8, 4) is 5.75 Å². The lowest BCUT2D eigenvalue weighted by Crippen LogP contribution is -2.17. The van der Waals surface area contributed by atoms with Crippen molar-refractivity contribution < 1.29 is 36.1 Å². The van der Waals surface area contributed by atoms with E-state index in [0.29, 0.717) is 0 Å². The summed E-state index contributed by atoms with van der Waals surface area (Å²) in [6, 6.07) is 4.57. The van der Waals surface area contributed by atoms with Crippen LogP contribution in [0.4, 0.5) is 26.3 Å². The molecule has 0 spiro atoms. The van der Waals surface area contributed by atoms with Crippen LogP contribution < -0.4 is 9.72 Å². The molecule has 0 amide bonds. The molecular weight excluding hydrogens is 288 g/mol. The van der Waals surface area contributed by atoms with Crippen molar-refractivity contribution >= 4 is 10.9 Å². The number of methoxy groups -OCH3 is 1. The van der Waals surface area contributed by atoms with Crippen molar-refractivity contribution in [1.29, 1.82) is 0 Å². The van der Waals surface area contributed by atoms with E-state index in [9.17, 15) is 26.3 Å². The van der Waals surface area contributed by atoms with Crippen molar-refractivity contribution in [3.63, 3.8) is 0 Å². The zero-order valence-corrected chi connectivity index (χ0v) is 10.2. The average molecular weight is 298 g/mol. The molecule has 2 rings (SSSR count). The van der Waals surface area contributed by atoms with Gasteiger partial charge in [0.1, 0.15) is 11.3 Å². The number of hydrogen-bond acceptors (Lipinski definition) is 1. The Labute approximate surface area is 110 Å². The molecule has 0 aliphatic rings. The standard InChI is InChI=1S/C11H7F4NO.CH2F2/c1-17-8-5-9(12)16-10-6(8)3-2-4-7(10)11(13,14)15;2-1-3/h2-5H,1H3;1H2/p+1. The Hall–Kier alpha value is -1.99. The number of hydrogen-bond donors (Lipinski definition) is 0. The maximum atomic E-state index is 13.1. The van der Waals surface area contributed by atoms with Crippen LogP contribution in [0, 0.1) is 5.95 Å². The van der Waals surface area contributed by atoms with Gasteiger partial charge in [0.05, 0.1) is 18.6 Å². The van der Waals surface area contributed by atoms with Crippen LogP contribution in [0.3, 0.4) is 0 Å². The van der Waals surface area contributed by atoms with E-state index in [0.717, 1.165) is 12.1 Å². The van der Waals surface area contributed by atoms with Crippen LogP contribution in [-0.4, -0.2) is 14.0 Å². The predicted octanol–water partition coefficient (Wildman–Crippen LogP) is 3.70. The fourth-order valence-electron chi connectivity index (χ4n) is 1.65. The summed E-state index contributed by atoms with van der Waals surface area (Å²) in [4.78, 5) is 2.07. The summed E-state index contributed by atoms with van der Waals surface area (Å²) in [5.41, 5.74) is -1.25. The maximum Gasteiger partial charge on any atom is 0.422 e. The van der Waals surface area contributed by atoms with E-state index in [1.54, 1.807) is 0 Å². The molecule has 0 aliphatic heterocycles. The van der Waals surface area contributed by atoms with Gasteiger partial charge in [-0.25, -0.2) is 8.78 Å². The molecule has 0 unspecified atom stereocenters. The van der Waals surface area contributed by atoms with Crippen LogP contribution in [0.1, 0.15) is 5.56 Å². The van der Waals surface area contributed by atoms with E-state index in [1.807, 2.05) is 0 Å². The maximum absolute atomic E-state index is 13.1. The fourth-order valence-corrected chi connectivity index (χ4v) is 1.65. The van der Waals surface area contributed by atoms with Gasteiger partial charge in [-0.2, -0.15) is 18.2 Å². The first-order valence-electron chi connectivity index (χ1n) is 5.22. The minimum absolute atomic E-state index is 0.0577. The van der Waals surface area contributed by atoms with Crippen LogP contribution in [0.2, 0.25) is 0 Å². The summed E-state index contributed by atoms with van der Waals surface area (Å²) in [5, 5.41) is 0.184. The van der Waals surface area contributed by atoms with Gasteiger partial charge in [0.25, 0.3) is 0 Å². The van der Waals surface area contributed by atoms with Crippen molar-refractivity contribution in [1.82, 2.24) is 0 Å². The van der Waals surface area contributed by atoms with Crippen molar-refractivity contribution in [3.05, 3.63) is 35.8 Å². The number of para-hydroxylation sites is 1. The normalized spacial score (nSPS) is 10.9. The molecule has 0 saturated heterocycles. The zero-order valence-electron chi connectivity index (χ0n) is 10.2. The number of fused-ring (bicyclic) bond motifs is 1. The van der Waals surface area contributed by atoms with Crippen molar-refractivity contribution in [2.75, 3.05) is 14.0 Å². The first-order valence-corrected chi connectivity index (χ1v) is 5.22. The second-order valence-corrected chi connectivity index (χ2v) is 3.51. The molecule has 1 heterocycles. The summed E-state index contributed by atoms with van der Waals surface area (Å²) < 4.78 is 75.4. The van der Waals surface area contributed by atoms with Gasteiger partial charge >= 0.3 is 12.1 Å². The molecular formula is C12H10F6NO+. The lowest BCUT2D eigenvalue weighted by Gasteiger charge is -2.08. The summed E-state index contributed by atoms with van der Waals surface area (Å²) >= 11 is 0. The summed E-state index contributed by atoms with van der Waals surface area (Å²) in [7, 11) is 1.27. The first-order chi connectivity index (χ1) is 9.35. The van der Waals surface area contributed by atoms with Crippen LogP contribution in [0.5, 0.6) is 5.75 Å². The van der Waals surface area contributed by atoms with Gasteiger partial charge in [-0.15, -0.1) is 4.39 Å². The number of aromatic nitrogens is 1. The number of benzene rings is 1. The fraction of sp³-hybridized carbons (Fsp3) is 0.250. The molecule has 0 bridgehead atoms. The second kappa shape index (κ2) is 6.44. The molecule has 1 N–H and O–H groups in total. The number of rotatable bonds is 1. The lowest BCUT2D eigenvalue weighted by atomic mass is 10.1. The third-order valence-electron chi connectivity index (χ3n) is 2.36. The summed E-state index contributed by atoms with van der Waals surface area (Å²) in [5.74, 6) is -0.826. The molecule has 1 aromatic carbocycles. The molecule has 0 radical (unpaired) electrons. The first kappa shape index (κ1) is 16.1. The molecule has 8 heteroatoms. The van der Waals surface area contributed by atoms with Gasteiger partial charge in [0.15, 0.2) is 0 Å². The van der Waals surface area contributed by atoms with Crippen LogP contribution in [0.15, 0.2) is 24.3 Å². The number of pyridine rings is 1.